The molecule has 0 radical (unpaired) electrons. The van der Waals surface area contributed by atoms with E-state index < -0.39 is 15.3 Å². The maximum atomic E-state index is 13.9. The molecular weight excluding hydrogens is 438 g/mol. The Bertz CT molecular complexity index is 1680. The van der Waals surface area contributed by atoms with Crippen molar-refractivity contribution in [2.24, 2.45) is 0 Å². The SMILES string of the molecule is O=C1Nc2ccccc2C1(c1c[nH]c2ccc([N+](=O)[O-])cc12)c1c[nH]c2c([N+](=O)[O-])cccc12. The second-order valence-corrected chi connectivity index (χ2v) is 8.10. The number of fused-ring (bicyclic) bond motifs is 3. The number of nitro benzene ring substituents is 2. The number of amides is 1. The van der Waals surface area contributed by atoms with Crippen LogP contribution in [0, 0.1) is 20.2 Å². The number of rotatable bonds is 4. The first-order valence-electron chi connectivity index (χ1n) is 10.3. The molecule has 3 heterocycles. The second-order valence-electron chi connectivity index (χ2n) is 8.10. The quantitative estimate of drug-likeness (QED) is 0.265. The molecule has 1 aliphatic rings. The van der Waals surface area contributed by atoms with Crippen LogP contribution in [-0.4, -0.2) is 25.7 Å². The van der Waals surface area contributed by atoms with Crippen molar-refractivity contribution in [1.29, 1.82) is 0 Å². The van der Waals surface area contributed by atoms with Gasteiger partial charge in [-0.3, -0.25) is 25.0 Å². The van der Waals surface area contributed by atoms with Crippen LogP contribution in [0.15, 0.2) is 73.1 Å². The summed E-state index contributed by atoms with van der Waals surface area (Å²) < 4.78 is 0. The van der Waals surface area contributed by atoms with Crippen molar-refractivity contribution in [3.8, 4) is 0 Å². The second kappa shape index (κ2) is 6.75. The van der Waals surface area contributed by atoms with Gasteiger partial charge in [-0.05, 0) is 12.1 Å². The molecule has 1 amide bonds. The zero-order chi connectivity index (χ0) is 23.6. The predicted octanol–water partition coefficient (Wildman–Crippen LogP) is 4.75. The predicted molar refractivity (Wildman–Crippen MR) is 125 cm³/mol. The summed E-state index contributed by atoms with van der Waals surface area (Å²) in [4.78, 5) is 42.1. The molecule has 0 saturated heterocycles. The molecule has 0 saturated carbocycles. The third-order valence-corrected chi connectivity index (χ3v) is 6.49. The van der Waals surface area contributed by atoms with E-state index in [-0.39, 0.29) is 17.3 Å². The summed E-state index contributed by atoms with van der Waals surface area (Å²) in [5.74, 6) is -0.353. The monoisotopic (exact) mass is 453 g/mol. The number of nitro groups is 2. The topological polar surface area (TPSA) is 147 Å². The van der Waals surface area contributed by atoms with Gasteiger partial charge in [0.15, 0.2) is 0 Å². The smallest absolute Gasteiger partial charge is 0.293 e. The van der Waals surface area contributed by atoms with Gasteiger partial charge >= 0.3 is 0 Å². The number of carbonyl (C=O) groups is 1. The highest BCUT2D eigenvalue weighted by atomic mass is 16.6. The van der Waals surface area contributed by atoms with Crippen molar-refractivity contribution in [3.05, 3.63) is 110 Å². The molecule has 34 heavy (non-hydrogen) atoms. The fourth-order valence-corrected chi connectivity index (χ4v) is 5.07. The minimum absolute atomic E-state index is 0.107. The minimum Gasteiger partial charge on any atom is -0.361 e. The number of nitrogens with zero attached hydrogens (tertiary/aromatic N) is 2. The van der Waals surface area contributed by atoms with E-state index in [0.29, 0.717) is 44.2 Å². The lowest BCUT2D eigenvalue weighted by atomic mass is 9.70. The standard InChI is InChI=1S/C24H15N5O5/c30-23-24(16-5-1-2-6-20(16)27-23,17-12-26-22-14(17)4-3-7-21(22)29(33)34)18-11-25-19-9-8-13(28(31)32)10-15(18)19/h1-12,25-26H,(H,27,30). The fraction of sp³-hybridized carbons (Fsp3) is 0.0417. The Labute approximate surface area is 190 Å². The number of nitrogens with one attached hydrogen (secondary N) is 3. The van der Waals surface area contributed by atoms with Gasteiger partial charge in [-0.2, -0.15) is 0 Å². The highest BCUT2D eigenvalue weighted by Crippen LogP contribution is 2.51. The normalized spacial score (nSPS) is 17.1. The average Bonchev–Trinajstić information content (AvgIpc) is 3.52. The third-order valence-electron chi connectivity index (χ3n) is 6.49. The zero-order valence-corrected chi connectivity index (χ0v) is 17.4. The summed E-state index contributed by atoms with van der Waals surface area (Å²) in [6, 6.07) is 16.3. The summed E-state index contributed by atoms with van der Waals surface area (Å²) in [6.45, 7) is 0. The third kappa shape index (κ3) is 2.41. The molecular formula is C24H15N5O5. The molecule has 5 aromatic rings. The molecule has 10 nitrogen and oxygen atoms in total. The van der Waals surface area contributed by atoms with Crippen LogP contribution in [0.25, 0.3) is 21.8 Å². The van der Waals surface area contributed by atoms with Crippen molar-refractivity contribution in [2.45, 2.75) is 5.41 Å². The van der Waals surface area contributed by atoms with E-state index in [2.05, 4.69) is 15.3 Å². The first-order valence-corrected chi connectivity index (χ1v) is 10.3. The summed E-state index contributed by atoms with van der Waals surface area (Å²) in [5, 5.41) is 27.1. The number of non-ortho nitro benzene ring substituents is 2. The largest absolute Gasteiger partial charge is 0.361 e. The first kappa shape index (κ1) is 19.7. The molecule has 2 aromatic heterocycles. The molecule has 0 spiro atoms. The number of anilines is 1. The van der Waals surface area contributed by atoms with Crippen LogP contribution >= 0.6 is 0 Å². The van der Waals surface area contributed by atoms with Crippen LogP contribution in [0.2, 0.25) is 0 Å². The molecule has 1 atom stereocenters. The van der Waals surface area contributed by atoms with Gasteiger partial charge in [-0.1, -0.05) is 30.3 Å². The fourth-order valence-electron chi connectivity index (χ4n) is 5.07. The van der Waals surface area contributed by atoms with Crippen LogP contribution in [-0.2, 0) is 10.2 Å². The lowest BCUT2D eigenvalue weighted by Gasteiger charge is -2.27. The molecule has 10 heteroatoms. The van der Waals surface area contributed by atoms with Crippen LogP contribution in [0.5, 0.6) is 0 Å². The van der Waals surface area contributed by atoms with Gasteiger partial charge in [0, 0.05) is 69.3 Å². The van der Waals surface area contributed by atoms with Crippen molar-refractivity contribution < 1.29 is 14.6 Å². The molecule has 0 bridgehead atoms. The van der Waals surface area contributed by atoms with Gasteiger partial charge in [-0.15, -0.1) is 0 Å². The van der Waals surface area contributed by atoms with Crippen LogP contribution in [0.1, 0.15) is 16.7 Å². The van der Waals surface area contributed by atoms with E-state index in [0.717, 1.165) is 0 Å². The van der Waals surface area contributed by atoms with Crippen molar-refractivity contribution in [3.63, 3.8) is 0 Å². The number of aromatic amines is 2. The Kier molecular flexibility index (Phi) is 3.91. The Morgan fingerprint density at radius 1 is 0.765 bits per heavy atom. The first-order chi connectivity index (χ1) is 16.4. The molecule has 3 aromatic carbocycles. The lowest BCUT2D eigenvalue weighted by Crippen LogP contribution is -2.36. The number of hydrogen-bond donors (Lipinski definition) is 3. The van der Waals surface area contributed by atoms with Gasteiger partial charge in [0.25, 0.3) is 11.4 Å². The van der Waals surface area contributed by atoms with Gasteiger partial charge in [-0.25, -0.2) is 0 Å². The van der Waals surface area contributed by atoms with E-state index in [4.69, 9.17) is 0 Å². The zero-order valence-electron chi connectivity index (χ0n) is 17.4. The van der Waals surface area contributed by atoms with Crippen molar-refractivity contribution in [1.82, 2.24) is 9.97 Å². The summed E-state index contributed by atoms with van der Waals surface area (Å²) in [7, 11) is 0. The molecule has 166 valence electrons. The summed E-state index contributed by atoms with van der Waals surface area (Å²) >= 11 is 0. The maximum absolute atomic E-state index is 13.9. The molecule has 6 rings (SSSR count). The lowest BCUT2D eigenvalue weighted by molar-refractivity contribution is -0.384. The Morgan fingerprint density at radius 2 is 1.53 bits per heavy atom. The van der Waals surface area contributed by atoms with Gasteiger partial charge in [0.05, 0.1) is 9.85 Å². The average molecular weight is 453 g/mol. The highest BCUT2D eigenvalue weighted by Gasteiger charge is 2.52. The number of carbonyl (C=O) groups excluding carboxylic acids is 1. The summed E-state index contributed by atoms with van der Waals surface area (Å²) in [5.41, 5.74) is 1.59. The Balaban J connectivity index is 1.76. The molecule has 1 unspecified atom stereocenters. The highest BCUT2D eigenvalue weighted by molar-refractivity contribution is 6.15. The Morgan fingerprint density at radius 3 is 2.32 bits per heavy atom. The van der Waals surface area contributed by atoms with E-state index >= 15 is 0 Å². The number of para-hydroxylation sites is 2. The number of H-pyrrole nitrogens is 2. The number of aromatic nitrogens is 2. The van der Waals surface area contributed by atoms with E-state index in [1.54, 1.807) is 42.7 Å². The molecule has 0 aliphatic carbocycles. The molecule has 1 aliphatic heterocycles. The van der Waals surface area contributed by atoms with Gasteiger partial charge in [0.1, 0.15) is 10.9 Å². The maximum Gasteiger partial charge on any atom is 0.293 e. The Hall–Kier alpha value is -4.99. The van der Waals surface area contributed by atoms with Crippen molar-refractivity contribution >= 4 is 44.8 Å². The van der Waals surface area contributed by atoms with Gasteiger partial charge < -0.3 is 15.3 Å². The summed E-state index contributed by atoms with van der Waals surface area (Å²) in [6.07, 6.45) is 3.28. The van der Waals surface area contributed by atoms with Crippen LogP contribution in [0.3, 0.4) is 0 Å². The number of hydrogen-bond acceptors (Lipinski definition) is 5. The molecule has 0 fully saturated rings. The minimum atomic E-state index is -1.41. The van der Waals surface area contributed by atoms with E-state index in [1.807, 2.05) is 12.1 Å². The van der Waals surface area contributed by atoms with Crippen molar-refractivity contribution in [2.75, 3.05) is 5.32 Å². The van der Waals surface area contributed by atoms with Crippen LogP contribution < -0.4 is 5.32 Å². The van der Waals surface area contributed by atoms with E-state index in [1.165, 1.54) is 18.2 Å². The number of benzene rings is 3. The van der Waals surface area contributed by atoms with Gasteiger partial charge in [0.2, 0.25) is 5.91 Å². The molecule has 3 N–H and O–H groups in total. The van der Waals surface area contributed by atoms with Crippen LogP contribution in [0.4, 0.5) is 17.1 Å². The van der Waals surface area contributed by atoms with E-state index in [9.17, 15) is 25.0 Å².